The molecule has 5 nitrogen and oxygen atoms in total. The summed E-state index contributed by atoms with van der Waals surface area (Å²) in [5.74, 6) is -0.555. The van der Waals surface area contributed by atoms with Crippen LogP contribution in [-0.2, 0) is 16.4 Å². The van der Waals surface area contributed by atoms with Crippen LogP contribution in [0.25, 0.3) is 0 Å². The molecular weight excluding hydrogens is 293 g/mol. The zero-order valence-electron chi connectivity index (χ0n) is 11.2. The van der Waals surface area contributed by atoms with E-state index in [4.69, 9.17) is 5.26 Å². The molecule has 7 heteroatoms. The van der Waals surface area contributed by atoms with Gasteiger partial charge in [0.1, 0.15) is 11.9 Å². The highest BCUT2D eigenvalue weighted by Crippen LogP contribution is 2.13. The highest BCUT2D eigenvalue weighted by Gasteiger charge is 2.08. The Bertz CT molecular complexity index is 796. The van der Waals surface area contributed by atoms with Crippen LogP contribution in [0.4, 0.5) is 10.1 Å². The highest BCUT2D eigenvalue weighted by molar-refractivity contribution is 7.90. The lowest BCUT2D eigenvalue weighted by Gasteiger charge is -2.07. The summed E-state index contributed by atoms with van der Waals surface area (Å²) in [6, 6.07) is 9.04. The Labute approximate surface area is 122 Å². The van der Waals surface area contributed by atoms with Gasteiger partial charge in [0.25, 0.3) is 0 Å². The zero-order chi connectivity index (χ0) is 15.5. The van der Waals surface area contributed by atoms with Crippen LogP contribution < -0.4 is 5.32 Å². The number of nitriles is 1. The summed E-state index contributed by atoms with van der Waals surface area (Å²) in [7, 11) is -3.32. The van der Waals surface area contributed by atoms with Gasteiger partial charge in [-0.1, -0.05) is 6.07 Å². The Balaban J connectivity index is 2.09. The van der Waals surface area contributed by atoms with Gasteiger partial charge >= 0.3 is 0 Å². The second-order valence-electron chi connectivity index (χ2n) is 4.44. The van der Waals surface area contributed by atoms with Crippen molar-refractivity contribution in [1.29, 1.82) is 5.26 Å². The molecule has 0 fully saturated rings. The number of rotatable bonds is 4. The Kier molecular flexibility index (Phi) is 4.19. The molecule has 1 heterocycles. The first-order chi connectivity index (χ1) is 9.90. The fourth-order valence-electron chi connectivity index (χ4n) is 1.68. The summed E-state index contributed by atoms with van der Waals surface area (Å²) in [6.45, 7) is 0.370. The van der Waals surface area contributed by atoms with Crippen LogP contribution in [0.5, 0.6) is 0 Å². The molecule has 0 aliphatic heterocycles. The van der Waals surface area contributed by atoms with Gasteiger partial charge in [0, 0.05) is 12.8 Å². The molecule has 0 bridgehead atoms. The van der Waals surface area contributed by atoms with Gasteiger partial charge in [-0.3, -0.25) is 0 Å². The molecule has 1 aromatic carbocycles. The van der Waals surface area contributed by atoms with E-state index in [9.17, 15) is 12.8 Å². The number of nitrogens with zero attached hydrogens (tertiary/aromatic N) is 2. The summed E-state index contributed by atoms with van der Waals surface area (Å²) in [4.78, 5) is 3.85. The van der Waals surface area contributed by atoms with E-state index in [1.807, 2.05) is 0 Å². The van der Waals surface area contributed by atoms with Crippen molar-refractivity contribution < 1.29 is 12.8 Å². The molecule has 1 aromatic heterocycles. The molecule has 0 amide bonds. The molecule has 2 rings (SSSR count). The molecule has 0 saturated heterocycles. The maximum atomic E-state index is 13.2. The number of aromatic nitrogens is 1. The van der Waals surface area contributed by atoms with Crippen molar-refractivity contribution in [2.75, 3.05) is 11.6 Å². The van der Waals surface area contributed by atoms with Crippen molar-refractivity contribution >= 4 is 15.5 Å². The average molecular weight is 305 g/mol. The number of pyridine rings is 1. The zero-order valence-corrected chi connectivity index (χ0v) is 12.0. The van der Waals surface area contributed by atoms with Crippen molar-refractivity contribution in [3.63, 3.8) is 0 Å². The molecule has 0 unspecified atom stereocenters. The predicted molar refractivity (Wildman–Crippen MR) is 75.8 cm³/mol. The lowest BCUT2D eigenvalue weighted by atomic mass is 10.1. The van der Waals surface area contributed by atoms with Gasteiger partial charge in [-0.25, -0.2) is 17.8 Å². The molecule has 0 aliphatic rings. The molecule has 1 N–H and O–H groups in total. The number of halogens is 1. The minimum absolute atomic E-state index is 0.00148. The van der Waals surface area contributed by atoms with Crippen LogP contribution in [0.15, 0.2) is 41.6 Å². The molecule has 0 spiro atoms. The molecule has 0 saturated carbocycles. The number of sulfone groups is 1. The van der Waals surface area contributed by atoms with Gasteiger partial charge < -0.3 is 5.32 Å². The quantitative estimate of drug-likeness (QED) is 0.935. The minimum atomic E-state index is -3.32. The summed E-state index contributed by atoms with van der Waals surface area (Å²) in [6.07, 6.45) is 2.50. The van der Waals surface area contributed by atoms with Crippen molar-refractivity contribution in [3.8, 4) is 6.07 Å². The molecule has 0 aliphatic carbocycles. The Morgan fingerprint density at radius 1 is 1.33 bits per heavy atom. The van der Waals surface area contributed by atoms with E-state index >= 15 is 0 Å². The van der Waals surface area contributed by atoms with Crippen molar-refractivity contribution in [1.82, 2.24) is 4.98 Å². The summed E-state index contributed by atoms with van der Waals surface area (Å²) in [5.41, 5.74) is 1.35. The van der Waals surface area contributed by atoms with E-state index < -0.39 is 15.7 Å². The lowest BCUT2D eigenvalue weighted by molar-refractivity contribution is 0.598. The van der Waals surface area contributed by atoms with E-state index in [-0.39, 0.29) is 10.6 Å². The van der Waals surface area contributed by atoms with Gasteiger partial charge in [0.2, 0.25) is 0 Å². The van der Waals surface area contributed by atoms with Crippen LogP contribution in [0.1, 0.15) is 11.1 Å². The van der Waals surface area contributed by atoms with E-state index in [0.717, 1.165) is 11.8 Å². The standard InChI is InChI=1S/C14H12FN3O2S/c1-21(19,20)14-5-3-12(9-18-14)17-8-10-2-4-13(15)11(6-10)7-16/h2-6,9,17H,8H2,1H3. The fourth-order valence-corrected chi connectivity index (χ4v) is 2.24. The number of benzene rings is 1. The monoisotopic (exact) mass is 305 g/mol. The van der Waals surface area contributed by atoms with Crippen LogP contribution in [0.3, 0.4) is 0 Å². The topological polar surface area (TPSA) is 82.9 Å². The molecule has 0 radical (unpaired) electrons. The van der Waals surface area contributed by atoms with Gasteiger partial charge in [0.15, 0.2) is 14.9 Å². The summed E-state index contributed by atoms with van der Waals surface area (Å²) in [5, 5.41) is 11.8. The Morgan fingerprint density at radius 3 is 2.67 bits per heavy atom. The molecule has 2 aromatic rings. The fraction of sp³-hybridized carbons (Fsp3) is 0.143. The van der Waals surface area contributed by atoms with Crippen LogP contribution in [0.2, 0.25) is 0 Å². The van der Waals surface area contributed by atoms with Crippen molar-refractivity contribution in [2.45, 2.75) is 11.6 Å². The Morgan fingerprint density at radius 2 is 2.10 bits per heavy atom. The molecule has 0 atom stereocenters. The van der Waals surface area contributed by atoms with E-state index in [2.05, 4.69) is 10.3 Å². The third kappa shape index (κ3) is 3.77. The predicted octanol–water partition coefficient (Wildman–Crippen LogP) is 2.11. The first-order valence-electron chi connectivity index (χ1n) is 5.98. The maximum Gasteiger partial charge on any atom is 0.192 e. The van der Waals surface area contributed by atoms with Crippen LogP contribution >= 0.6 is 0 Å². The van der Waals surface area contributed by atoms with Crippen LogP contribution in [0, 0.1) is 17.1 Å². The van der Waals surface area contributed by atoms with Gasteiger partial charge in [0.05, 0.1) is 17.4 Å². The second kappa shape index (κ2) is 5.89. The average Bonchev–Trinajstić information content (AvgIpc) is 2.46. The normalized spacial score (nSPS) is 10.9. The molecule has 21 heavy (non-hydrogen) atoms. The largest absolute Gasteiger partial charge is 0.380 e. The molecule has 108 valence electrons. The van der Waals surface area contributed by atoms with Crippen LogP contribution in [-0.4, -0.2) is 19.7 Å². The number of nitrogens with one attached hydrogen (secondary N) is 1. The highest BCUT2D eigenvalue weighted by atomic mass is 32.2. The number of anilines is 1. The third-order valence-corrected chi connectivity index (χ3v) is 3.77. The van der Waals surface area contributed by atoms with E-state index in [1.165, 1.54) is 24.4 Å². The third-order valence-electron chi connectivity index (χ3n) is 2.76. The van der Waals surface area contributed by atoms with Gasteiger partial charge in [-0.2, -0.15) is 5.26 Å². The summed E-state index contributed by atoms with van der Waals surface area (Å²) >= 11 is 0. The summed E-state index contributed by atoms with van der Waals surface area (Å²) < 4.78 is 35.7. The van der Waals surface area contributed by atoms with Crippen molar-refractivity contribution in [3.05, 3.63) is 53.5 Å². The lowest BCUT2D eigenvalue weighted by Crippen LogP contribution is -2.03. The van der Waals surface area contributed by atoms with Gasteiger partial charge in [-0.15, -0.1) is 0 Å². The Hall–Kier alpha value is -2.46. The number of hydrogen-bond acceptors (Lipinski definition) is 5. The van der Waals surface area contributed by atoms with Gasteiger partial charge in [-0.05, 0) is 29.8 Å². The SMILES string of the molecule is CS(=O)(=O)c1ccc(NCc2ccc(F)c(C#N)c2)cn1. The number of hydrogen-bond donors (Lipinski definition) is 1. The minimum Gasteiger partial charge on any atom is -0.380 e. The van der Waals surface area contributed by atoms with E-state index in [1.54, 1.807) is 18.2 Å². The molecular formula is C14H12FN3O2S. The first-order valence-corrected chi connectivity index (χ1v) is 7.88. The first kappa shape index (κ1) is 14.9. The maximum absolute atomic E-state index is 13.2. The smallest absolute Gasteiger partial charge is 0.192 e. The van der Waals surface area contributed by atoms with E-state index in [0.29, 0.717) is 12.2 Å². The second-order valence-corrected chi connectivity index (χ2v) is 6.40. The van der Waals surface area contributed by atoms with Crippen molar-refractivity contribution in [2.24, 2.45) is 0 Å².